The Morgan fingerprint density at radius 3 is 1.66 bits per heavy atom. The summed E-state index contributed by atoms with van der Waals surface area (Å²) in [5.74, 6) is -1.03. The largest absolute Gasteiger partial charge is 0.494 e. The Hall–Kier alpha value is -3.99. The van der Waals surface area contributed by atoms with Gasteiger partial charge >= 0.3 is 0 Å². The first-order valence-electron chi connectivity index (χ1n) is 11.4. The molecule has 0 heterocycles. The second kappa shape index (κ2) is 11.0. The first-order valence-corrected chi connectivity index (χ1v) is 11.4. The van der Waals surface area contributed by atoms with Crippen molar-refractivity contribution in [2.75, 3.05) is 13.2 Å². The van der Waals surface area contributed by atoms with Crippen molar-refractivity contribution in [3.63, 3.8) is 0 Å². The number of hydrogen-bond acceptors (Lipinski definition) is 2. The van der Waals surface area contributed by atoms with E-state index in [1.54, 1.807) is 84.9 Å². The molecule has 0 amide bonds. The summed E-state index contributed by atoms with van der Waals surface area (Å²) < 4.78 is 54.8. The molecule has 0 N–H and O–H groups in total. The zero-order valence-corrected chi connectivity index (χ0v) is 19.5. The van der Waals surface area contributed by atoms with Crippen molar-refractivity contribution < 1.29 is 22.6 Å². The Morgan fingerprint density at radius 1 is 0.600 bits per heavy atom. The fraction of sp³-hybridized carbons (Fsp3) is 0.133. The third-order valence-electron chi connectivity index (χ3n) is 5.52. The van der Waals surface area contributed by atoms with E-state index in [0.29, 0.717) is 41.4 Å². The standard InChI is InChI=1S/C30H25F3O2/c1-3-34-24-14-11-22(12-15-24)27-18-17-26(29(32)30(27)33)21-8-5-20(6-9-21)7-10-23-13-16-25(35-4-2)19-28(23)31/h5-19H,3-4H2,1-2H3/b10-7+. The second-order valence-corrected chi connectivity index (χ2v) is 7.82. The molecule has 4 rings (SSSR count). The zero-order chi connectivity index (χ0) is 24.8. The van der Waals surface area contributed by atoms with E-state index in [0.717, 1.165) is 5.56 Å². The van der Waals surface area contributed by atoms with Crippen LogP contribution in [0.2, 0.25) is 0 Å². The summed E-state index contributed by atoms with van der Waals surface area (Å²) in [5.41, 5.74) is 2.70. The van der Waals surface area contributed by atoms with E-state index < -0.39 is 11.6 Å². The van der Waals surface area contributed by atoms with Crippen LogP contribution in [0.15, 0.2) is 78.9 Å². The summed E-state index contributed by atoms with van der Waals surface area (Å²) >= 11 is 0. The van der Waals surface area contributed by atoms with E-state index in [2.05, 4.69) is 0 Å². The molecule has 0 saturated heterocycles. The molecule has 0 unspecified atom stereocenters. The van der Waals surface area contributed by atoms with E-state index >= 15 is 0 Å². The maximum Gasteiger partial charge on any atom is 0.167 e. The average Bonchev–Trinajstić information content (AvgIpc) is 2.87. The van der Waals surface area contributed by atoms with Crippen LogP contribution in [0, 0.1) is 17.5 Å². The minimum Gasteiger partial charge on any atom is -0.494 e. The Bertz CT molecular complexity index is 1330. The molecule has 0 fully saturated rings. The lowest BCUT2D eigenvalue weighted by Crippen LogP contribution is -1.95. The van der Waals surface area contributed by atoms with Gasteiger partial charge in [0, 0.05) is 22.8 Å². The number of rotatable bonds is 8. The molecular weight excluding hydrogens is 449 g/mol. The van der Waals surface area contributed by atoms with Gasteiger partial charge in [-0.1, -0.05) is 60.7 Å². The van der Waals surface area contributed by atoms with Gasteiger partial charge in [-0.05, 0) is 54.8 Å². The molecular formula is C30H25F3O2. The van der Waals surface area contributed by atoms with Gasteiger partial charge in [0.1, 0.15) is 17.3 Å². The number of halogens is 3. The monoisotopic (exact) mass is 474 g/mol. The van der Waals surface area contributed by atoms with E-state index in [-0.39, 0.29) is 16.9 Å². The molecule has 4 aromatic carbocycles. The van der Waals surface area contributed by atoms with Crippen LogP contribution in [0.1, 0.15) is 25.0 Å². The normalized spacial score (nSPS) is 11.1. The predicted octanol–water partition coefficient (Wildman–Crippen LogP) is 8.41. The van der Waals surface area contributed by atoms with Crippen molar-refractivity contribution in [1.82, 2.24) is 0 Å². The molecule has 0 spiro atoms. The third-order valence-corrected chi connectivity index (χ3v) is 5.52. The van der Waals surface area contributed by atoms with Crippen LogP contribution >= 0.6 is 0 Å². The van der Waals surface area contributed by atoms with Gasteiger partial charge in [-0.2, -0.15) is 0 Å². The van der Waals surface area contributed by atoms with Gasteiger partial charge in [0.25, 0.3) is 0 Å². The molecule has 0 saturated carbocycles. The molecule has 5 heteroatoms. The van der Waals surface area contributed by atoms with Gasteiger partial charge in [0.15, 0.2) is 11.6 Å². The molecule has 0 aliphatic heterocycles. The van der Waals surface area contributed by atoms with Crippen LogP contribution in [0.25, 0.3) is 34.4 Å². The van der Waals surface area contributed by atoms with Crippen molar-refractivity contribution in [3.05, 3.63) is 107 Å². The minimum absolute atomic E-state index is 0.172. The van der Waals surface area contributed by atoms with Crippen LogP contribution in [-0.4, -0.2) is 13.2 Å². The third kappa shape index (κ3) is 5.57. The van der Waals surface area contributed by atoms with Crippen LogP contribution in [0.5, 0.6) is 11.5 Å². The van der Waals surface area contributed by atoms with E-state index in [9.17, 15) is 13.2 Å². The van der Waals surface area contributed by atoms with Crippen LogP contribution in [0.4, 0.5) is 13.2 Å². The topological polar surface area (TPSA) is 18.5 Å². The summed E-state index contributed by atoms with van der Waals surface area (Å²) in [6, 6.07) is 21.7. The lowest BCUT2D eigenvalue weighted by Gasteiger charge is -2.10. The molecule has 0 aromatic heterocycles. The predicted molar refractivity (Wildman–Crippen MR) is 135 cm³/mol. The number of ether oxygens (including phenoxy) is 2. The highest BCUT2D eigenvalue weighted by molar-refractivity contribution is 5.75. The first kappa shape index (κ1) is 24.1. The highest BCUT2D eigenvalue weighted by Crippen LogP contribution is 2.32. The number of benzene rings is 4. The fourth-order valence-electron chi connectivity index (χ4n) is 3.75. The van der Waals surface area contributed by atoms with E-state index in [1.807, 2.05) is 13.8 Å². The van der Waals surface area contributed by atoms with Gasteiger partial charge in [-0.3, -0.25) is 0 Å². The molecule has 0 bridgehead atoms. The lowest BCUT2D eigenvalue weighted by molar-refractivity contribution is 0.338. The van der Waals surface area contributed by atoms with Gasteiger partial charge < -0.3 is 9.47 Å². The lowest BCUT2D eigenvalue weighted by atomic mass is 9.98. The maximum atomic E-state index is 15.0. The summed E-state index contributed by atoms with van der Waals surface area (Å²) in [6.07, 6.45) is 3.42. The molecule has 2 nitrogen and oxygen atoms in total. The van der Waals surface area contributed by atoms with Crippen molar-refractivity contribution in [2.45, 2.75) is 13.8 Å². The average molecular weight is 475 g/mol. The van der Waals surface area contributed by atoms with Gasteiger partial charge in [-0.25, -0.2) is 13.2 Å². The SMILES string of the molecule is CCOc1ccc(-c2ccc(-c3ccc(/C=C/c4ccc(OCC)cc4F)cc3)c(F)c2F)cc1. The summed E-state index contributed by atoms with van der Waals surface area (Å²) in [5, 5.41) is 0. The smallest absolute Gasteiger partial charge is 0.167 e. The molecule has 0 aliphatic rings. The van der Waals surface area contributed by atoms with Crippen molar-refractivity contribution in [1.29, 1.82) is 0 Å². The van der Waals surface area contributed by atoms with Gasteiger partial charge in [-0.15, -0.1) is 0 Å². The summed E-state index contributed by atoms with van der Waals surface area (Å²) in [7, 11) is 0. The fourth-order valence-corrected chi connectivity index (χ4v) is 3.75. The molecule has 35 heavy (non-hydrogen) atoms. The summed E-state index contributed by atoms with van der Waals surface area (Å²) in [6.45, 7) is 4.72. The highest BCUT2D eigenvalue weighted by Gasteiger charge is 2.16. The Kier molecular flexibility index (Phi) is 7.56. The zero-order valence-electron chi connectivity index (χ0n) is 19.5. The Labute approximate surface area is 203 Å². The molecule has 0 atom stereocenters. The molecule has 178 valence electrons. The second-order valence-electron chi connectivity index (χ2n) is 7.82. The molecule has 0 aliphatic carbocycles. The Morgan fingerprint density at radius 2 is 1.11 bits per heavy atom. The quantitative estimate of drug-likeness (QED) is 0.239. The first-order chi connectivity index (χ1) is 17.0. The van der Waals surface area contributed by atoms with E-state index in [1.165, 1.54) is 6.07 Å². The highest BCUT2D eigenvalue weighted by atomic mass is 19.2. The maximum absolute atomic E-state index is 15.0. The molecule has 0 radical (unpaired) electrons. The van der Waals surface area contributed by atoms with Crippen molar-refractivity contribution in [2.24, 2.45) is 0 Å². The van der Waals surface area contributed by atoms with Gasteiger partial charge in [0.2, 0.25) is 0 Å². The van der Waals surface area contributed by atoms with Crippen molar-refractivity contribution in [3.8, 4) is 33.8 Å². The number of hydrogen-bond donors (Lipinski definition) is 0. The van der Waals surface area contributed by atoms with Gasteiger partial charge in [0.05, 0.1) is 13.2 Å². The van der Waals surface area contributed by atoms with E-state index in [4.69, 9.17) is 9.47 Å². The molecule has 4 aromatic rings. The van der Waals surface area contributed by atoms with Crippen LogP contribution < -0.4 is 9.47 Å². The van der Waals surface area contributed by atoms with Crippen LogP contribution in [-0.2, 0) is 0 Å². The Balaban J connectivity index is 1.53. The minimum atomic E-state index is -0.906. The van der Waals surface area contributed by atoms with Crippen LogP contribution in [0.3, 0.4) is 0 Å². The van der Waals surface area contributed by atoms with Crippen molar-refractivity contribution >= 4 is 12.2 Å². The summed E-state index contributed by atoms with van der Waals surface area (Å²) in [4.78, 5) is 0.